The van der Waals surface area contributed by atoms with Crippen molar-refractivity contribution in [2.24, 2.45) is 7.05 Å². The summed E-state index contributed by atoms with van der Waals surface area (Å²) in [4.78, 5) is 0. The zero-order valence-electron chi connectivity index (χ0n) is 11.0. The Morgan fingerprint density at radius 2 is 2.28 bits per heavy atom. The minimum atomic E-state index is 0.549. The van der Waals surface area contributed by atoms with Crippen LogP contribution in [0.5, 0.6) is 0 Å². The first kappa shape index (κ1) is 11.5. The Bertz CT molecular complexity index is 557. The van der Waals surface area contributed by atoms with Gasteiger partial charge in [0, 0.05) is 24.8 Å². The Balaban J connectivity index is 1.93. The standard InChI is InChI=1S/C15H19N3/c1-3-16-15-7-5-12-8-11(4-6-14(12)15)13-9-17-18(2)10-13/h4,6,8-10,15-16H,3,5,7H2,1-2H3. The molecule has 94 valence electrons. The van der Waals surface area contributed by atoms with E-state index in [0.29, 0.717) is 6.04 Å². The maximum atomic E-state index is 4.24. The predicted octanol–water partition coefficient (Wildman–Crippen LogP) is 2.68. The van der Waals surface area contributed by atoms with Gasteiger partial charge in [-0.15, -0.1) is 0 Å². The quantitative estimate of drug-likeness (QED) is 0.895. The van der Waals surface area contributed by atoms with Crippen molar-refractivity contribution in [3.63, 3.8) is 0 Å². The summed E-state index contributed by atoms with van der Waals surface area (Å²) in [5.74, 6) is 0. The summed E-state index contributed by atoms with van der Waals surface area (Å²) in [7, 11) is 1.96. The fraction of sp³-hybridized carbons (Fsp3) is 0.400. The molecule has 0 bridgehead atoms. The summed E-state index contributed by atoms with van der Waals surface area (Å²) < 4.78 is 1.85. The lowest BCUT2D eigenvalue weighted by Gasteiger charge is -2.12. The summed E-state index contributed by atoms with van der Waals surface area (Å²) in [5.41, 5.74) is 5.44. The largest absolute Gasteiger partial charge is 0.310 e. The van der Waals surface area contributed by atoms with E-state index in [2.05, 4.69) is 41.7 Å². The normalized spacial score (nSPS) is 18.0. The van der Waals surface area contributed by atoms with E-state index in [0.717, 1.165) is 6.54 Å². The molecule has 18 heavy (non-hydrogen) atoms. The van der Waals surface area contributed by atoms with Crippen molar-refractivity contribution in [2.75, 3.05) is 6.54 Å². The first-order valence-electron chi connectivity index (χ1n) is 6.63. The van der Waals surface area contributed by atoms with Crippen molar-refractivity contribution in [1.82, 2.24) is 15.1 Å². The zero-order chi connectivity index (χ0) is 12.5. The van der Waals surface area contributed by atoms with E-state index >= 15 is 0 Å². The van der Waals surface area contributed by atoms with Crippen LogP contribution in [-0.4, -0.2) is 16.3 Å². The molecule has 1 unspecified atom stereocenters. The second-order valence-corrected chi connectivity index (χ2v) is 4.97. The SMILES string of the molecule is CCNC1CCc2cc(-c3cnn(C)c3)ccc21. The Kier molecular flexibility index (Phi) is 2.92. The van der Waals surface area contributed by atoms with Crippen LogP contribution in [0, 0.1) is 0 Å². The van der Waals surface area contributed by atoms with E-state index in [1.807, 2.05) is 17.9 Å². The highest BCUT2D eigenvalue weighted by atomic mass is 15.2. The molecule has 1 atom stereocenters. The van der Waals surface area contributed by atoms with Gasteiger partial charge >= 0.3 is 0 Å². The minimum absolute atomic E-state index is 0.549. The molecule has 0 fully saturated rings. The van der Waals surface area contributed by atoms with Gasteiger partial charge in [0.1, 0.15) is 0 Å². The Hall–Kier alpha value is -1.61. The minimum Gasteiger partial charge on any atom is -0.310 e. The predicted molar refractivity (Wildman–Crippen MR) is 73.4 cm³/mol. The summed E-state index contributed by atoms with van der Waals surface area (Å²) in [6.45, 7) is 3.20. The smallest absolute Gasteiger partial charge is 0.0568 e. The third-order valence-electron chi connectivity index (χ3n) is 3.71. The van der Waals surface area contributed by atoms with Crippen molar-refractivity contribution in [1.29, 1.82) is 0 Å². The first-order valence-corrected chi connectivity index (χ1v) is 6.63. The molecule has 1 aliphatic rings. The van der Waals surface area contributed by atoms with Gasteiger partial charge in [0.25, 0.3) is 0 Å². The molecule has 0 spiro atoms. The van der Waals surface area contributed by atoms with Gasteiger partial charge in [-0.2, -0.15) is 5.10 Å². The van der Waals surface area contributed by atoms with Crippen molar-refractivity contribution in [3.05, 3.63) is 41.7 Å². The highest BCUT2D eigenvalue weighted by Crippen LogP contribution is 2.33. The fourth-order valence-corrected chi connectivity index (χ4v) is 2.83. The number of nitrogens with zero attached hydrogens (tertiary/aromatic N) is 2. The molecule has 0 saturated heterocycles. The fourth-order valence-electron chi connectivity index (χ4n) is 2.83. The lowest BCUT2D eigenvalue weighted by Crippen LogP contribution is -2.18. The van der Waals surface area contributed by atoms with Crippen LogP contribution < -0.4 is 5.32 Å². The van der Waals surface area contributed by atoms with Crippen molar-refractivity contribution < 1.29 is 0 Å². The Labute approximate surface area is 108 Å². The van der Waals surface area contributed by atoms with Crippen molar-refractivity contribution in [2.45, 2.75) is 25.8 Å². The van der Waals surface area contributed by atoms with Crippen LogP contribution in [-0.2, 0) is 13.5 Å². The van der Waals surface area contributed by atoms with Gasteiger partial charge in [-0.3, -0.25) is 4.68 Å². The van der Waals surface area contributed by atoms with Gasteiger partial charge in [-0.25, -0.2) is 0 Å². The lowest BCUT2D eigenvalue weighted by molar-refractivity contribution is 0.549. The molecular formula is C15H19N3. The number of nitrogens with one attached hydrogen (secondary N) is 1. The zero-order valence-corrected chi connectivity index (χ0v) is 11.0. The number of rotatable bonds is 3. The van der Waals surface area contributed by atoms with Crippen LogP contribution in [0.1, 0.15) is 30.5 Å². The molecule has 2 aromatic rings. The number of fused-ring (bicyclic) bond motifs is 1. The van der Waals surface area contributed by atoms with Crippen LogP contribution in [0.2, 0.25) is 0 Å². The Morgan fingerprint density at radius 3 is 3.00 bits per heavy atom. The maximum Gasteiger partial charge on any atom is 0.0568 e. The number of hydrogen-bond donors (Lipinski definition) is 1. The molecule has 3 heteroatoms. The average molecular weight is 241 g/mol. The molecule has 0 aliphatic heterocycles. The summed E-state index contributed by atoms with van der Waals surface area (Å²) in [6, 6.07) is 7.36. The summed E-state index contributed by atoms with van der Waals surface area (Å²) >= 11 is 0. The molecule has 3 nitrogen and oxygen atoms in total. The molecule has 1 heterocycles. The van der Waals surface area contributed by atoms with E-state index < -0.39 is 0 Å². The Morgan fingerprint density at radius 1 is 1.39 bits per heavy atom. The van der Waals surface area contributed by atoms with Crippen LogP contribution in [0.15, 0.2) is 30.6 Å². The van der Waals surface area contributed by atoms with E-state index in [-0.39, 0.29) is 0 Å². The highest BCUT2D eigenvalue weighted by molar-refractivity contribution is 5.64. The summed E-state index contributed by atoms with van der Waals surface area (Å²) in [5, 5.41) is 7.78. The number of aryl methyl sites for hydroxylation is 2. The van der Waals surface area contributed by atoms with E-state index in [1.165, 1.54) is 35.1 Å². The monoisotopic (exact) mass is 241 g/mol. The molecule has 0 amide bonds. The van der Waals surface area contributed by atoms with Crippen LogP contribution in [0.3, 0.4) is 0 Å². The number of hydrogen-bond acceptors (Lipinski definition) is 2. The van der Waals surface area contributed by atoms with Crippen LogP contribution >= 0.6 is 0 Å². The topological polar surface area (TPSA) is 29.9 Å². The van der Waals surface area contributed by atoms with Gasteiger partial charge in [0.15, 0.2) is 0 Å². The van der Waals surface area contributed by atoms with E-state index in [1.54, 1.807) is 0 Å². The van der Waals surface area contributed by atoms with Crippen molar-refractivity contribution in [3.8, 4) is 11.1 Å². The molecule has 1 aromatic heterocycles. The van der Waals surface area contributed by atoms with Crippen LogP contribution in [0.25, 0.3) is 11.1 Å². The molecular weight excluding hydrogens is 222 g/mol. The maximum absolute atomic E-state index is 4.24. The van der Waals surface area contributed by atoms with Gasteiger partial charge < -0.3 is 5.32 Å². The van der Waals surface area contributed by atoms with Gasteiger partial charge in [0.2, 0.25) is 0 Å². The van der Waals surface area contributed by atoms with Crippen molar-refractivity contribution >= 4 is 0 Å². The second kappa shape index (κ2) is 4.58. The third-order valence-corrected chi connectivity index (χ3v) is 3.71. The number of aromatic nitrogens is 2. The highest BCUT2D eigenvalue weighted by Gasteiger charge is 2.21. The van der Waals surface area contributed by atoms with Crippen LogP contribution in [0.4, 0.5) is 0 Å². The van der Waals surface area contributed by atoms with Gasteiger partial charge in [-0.1, -0.05) is 25.1 Å². The van der Waals surface area contributed by atoms with E-state index in [9.17, 15) is 0 Å². The number of benzene rings is 1. The average Bonchev–Trinajstić information content (AvgIpc) is 2.96. The van der Waals surface area contributed by atoms with Gasteiger partial charge in [-0.05, 0) is 36.1 Å². The van der Waals surface area contributed by atoms with Gasteiger partial charge in [0.05, 0.1) is 6.20 Å². The first-order chi connectivity index (χ1) is 8.78. The molecule has 1 aliphatic carbocycles. The molecule has 0 radical (unpaired) electrons. The molecule has 1 N–H and O–H groups in total. The third kappa shape index (κ3) is 1.95. The molecule has 1 aromatic carbocycles. The van der Waals surface area contributed by atoms with E-state index in [4.69, 9.17) is 0 Å². The second-order valence-electron chi connectivity index (χ2n) is 4.97. The molecule has 0 saturated carbocycles. The molecule has 3 rings (SSSR count). The lowest BCUT2D eigenvalue weighted by atomic mass is 10.0. The summed E-state index contributed by atoms with van der Waals surface area (Å²) in [6.07, 6.45) is 6.40.